The van der Waals surface area contributed by atoms with Crippen LogP contribution in [0.25, 0.3) is 0 Å². The molecule has 1 rings (SSSR count). The number of likely N-dealkylation sites (tertiary alicyclic amines) is 1. The molecule has 1 saturated heterocycles. The molecule has 0 aliphatic carbocycles. The van der Waals surface area contributed by atoms with Gasteiger partial charge in [-0.1, -0.05) is 12.2 Å². The molecule has 1 aliphatic heterocycles. The van der Waals surface area contributed by atoms with E-state index in [0.29, 0.717) is 6.04 Å². The van der Waals surface area contributed by atoms with E-state index >= 15 is 0 Å². The first-order valence-electron chi connectivity index (χ1n) is 3.90. The normalized spacial score (nSPS) is 29.4. The van der Waals surface area contributed by atoms with Crippen LogP contribution >= 0.6 is 0 Å². The molecule has 3 heteroatoms. The molecule has 11 heavy (non-hydrogen) atoms. The summed E-state index contributed by atoms with van der Waals surface area (Å²) < 4.78 is 0. The second-order valence-corrected chi connectivity index (χ2v) is 3.17. The van der Waals surface area contributed by atoms with E-state index in [0.717, 1.165) is 13.0 Å². The van der Waals surface area contributed by atoms with E-state index in [-0.39, 0.29) is 6.10 Å². The van der Waals surface area contributed by atoms with Crippen molar-refractivity contribution >= 4 is 0 Å². The molecule has 0 aromatic carbocycles. The average Bonchev–Trinajstić information content (AvgIpc) is 2.30. The standard InChI is InChI=1S/C8H16N2O/c1-6-4-5-10(3)8(6)7(2)11-9/h7-8H,1,4-5,9H2,2-3H3. The first kappa shape index (κ1) is 8.71. The van der Waals surface area contributed by atoms with E-state index in [1.165, 1.54) is 5.57 Å². The summed E-state index contributed by atoms with van der Waals surface area (Å²) in [5.74, 6) is 5.11. The van der Waals surface area contributed by atoms with Crippen LogP contribution in [0.3, 0.4) is 0 Å². The molecule has 64 valence electrons. The molecule has 0 bridgehead atoms. The van der Waals surface area contributed by atoms with E-state index < -0.39 is 0 Å². The Morgan fingerprint density at radius 3 is 2.82 bits per heavy atom. The number of rotatable bonds is 2. The average molecular weight is 156 g/mol. The fraction of sp³-hybridized carbons (Fsp3) is 0.750. The second kappa shape index (κ2) is 3.34. The quantitative estimate of drug-likeness (QED) is 0.468. The van der Waals surface area contributed by atoms with Gasteiger partial charge in [-0.2, -0.15) is 0 Å². The van der Waals surface area contributed by atoms with Gasteiger partial charge < -0.3 is 0 Å². The van der Waals surface area contributed by atoms with Gasteiger partial charge in [-0.05, 0) is 20.4 Å². The first-order valence-corrected chi connectivity index (χ1v) is 3.90. The maximum absolute atomic E-state index is 5.11. The maximum Gasteiger partial charge on any atom is 0.0952 e. The van der Waals surface area contributed by atoms with E-state index in [1.807, 2.05) is 6.92 Å². The highest BCUT2D eigenvalue weighted by atomic mass is 16.6. The maximum atomic E-state index is 5.11. The van der Waals surface area contributed by atoms with Gasteiger partial charge in [0.25, 0.3) is 0 Å². The molecule has 1 heterocycles. The SMILES string of the molecule is C=C1CCN(C)C1C(C)ON. The number of hydrogen-bond acceptors (Lipinski definition) is 3. The topological polar surface area (TPSA) is 38.5 Å². The number of likely N-dealkylation sites (N-methyl/N-ethyl adjacent to an activating group) is 1. The molecule has 2 N–H and O–H groups in total. The van der Waals surface area contributed by atoms with Crippen LogP contribution < -0.4 is 5.90 Å². The number of nitrogens with zero attached hydrogens (tertiary/aromatic N) is 1. The molecule has 0 aromatic rings. The van der Waals surface area contributed by atoms with Crippen LogP contribution in [-0.2, 0) is 4.84 Å². The lowest BCUT2D eigenvalue weighted by Gasteiger charge is -2.24. The zero-order valence-electron chi connectivity index (χ0n) is 7.21. The monoisotopic (exact) mass is 156 g/mol. The molecule has 0 aromatic heterocycles. The van der Waals surface area contributed by atoms with Gasteiger partial charge >= 0.3 is 0 Å². The molecule has 0 saturated carbocycles. The van der Waals surface area contributed by atoms with Crippen molar-refractivity contribution in [1.29, 1.82) is 0 Å². The fourth-order valence-electron chi connectivity index (χ4n) is 1.68. The van der Waals surface area contributed by atoms with Gasteiger partial charge in [0, 0.05) is 6.54 Å². The van der Waals surface area contributed by atoms with Gasteiger partial charge in [0.1, 0.15) is 0 Å². The molecule has 0 amide bonds. The minimum absolute atomic E-state index is 0.0509. The molecule has 3 nitrogen and oxygen atoms in total. The molecule has 2 atom stereocenters. The molecule has 2 unspecified atom stereocenters. The van der Waals surface area contributed by atoms with Crippen LogP contribution in [0.5, 0.6) is 0 Å². The molecular weight excluding hydrogens is 140 g/mol. The van der Waals surface area contributed by atoms with Gasteiger partial charge in [0.2, 0.25) is 0 Å². The van der Waals surface area contributed by atoms with Crippen molar-refractivity contribution in [1.82, 2.24) is 4.90 Å². The molecule has 1 aliphatic rings. The van der Waals surface area contributed by atoms with Crippen LogP contribution in [0, 0.1) is 0 Å². The first-order chi connectivity index (χ1) is 5.16. The van der Waals surface area contributed by atoms with Crippen molar-refractivity contribution in [3.05, 3.63) is 12.2 Å². The van der Waals surface area contributed by atoms with Gasteiger partial charge in [-0.25, -0.2) is 5.90 Å². The minimum atomic E-state index is 0.0509. The van der Waals surface area contributed by atoms with E-state index in [9.17, 15) is 0 Å². The third kappa shape index (κ3) is 1.61. The fourth-order valence-corrected chi connectivity index (χ4v) is 1.68. The lowest BCUT2D eigenvalue weighted by molar-refractivity contribution is 0.0251. The zero-order chi connectivity index (χ0) is 8.43. The third-order valence-corrected chi connectivity index (χ3v) is 2.34. The summed E-state index contributed by atoms with van der Waals surface area (Å²) in [4.78, 5) is 6.99. The Balaban J connectivity index is 2.60. The van der Waals surface area contributed by atoms with Crippen molar-refractivity contribution in [3.8, 4) is 0 Å². The summed E-state index contributed by atoms with van der Waals surface area (Å²) in [6.45, 7) is 7.01. The molecule has 0 spiro atoms. The van der Waals surface area contributed by atoms with Gasteiger partial charge in [-0.3, -0.25) is 9.74 Å². The Morgan fingerprint density at radius 2 is 2.45 bits per heavy atom. The molecular formula is C8H16N2O. The van der Waals surface area contributed by atoms with E-state index in [4.69, 9.17) is 10.7 Å². The van der Waals surface area contributed by atoms with E-state index in [1.54, 1.807) is 0 Å². The second-order valence-electron chi connectivity index (χ2n) is 3.17. The molecule has 0 radical (unpaired) electrons. The van der Waals surface area contributed by atoms with Crippen molar-refractivity contribution in [2.75, 3.05) is 13.6 Å². The summed E-state index contributed by atoms with van der Waals surface area (Å²) in [6.07, 6.45) is 1.12. The van der Waals surface area contributed by atoms with Crippen LogP contribution in [0.15, 0.2) is 12.2 Å². The Hall–Kier alpha value is -0.380. The predicted molar refractivity (Wildman–Crippen MR) is 44.9 cm³/mol. The van der Waals surface area contributed by atoms with Crippen molar-refractivity contribution < 1.29 is 4.84 Å². The summed E-state index contributed by atoms with van der Waals surface area (Å²) in [7, 11) is 2.07. The van der Waals surface area contributed by atoms with Crippen LogP contribution in [0.2, 0.25) is 0 Å². The summed E-state index contributed by atoms with van der Waals surface area (Å²) >= 11 is 0. The Bertz CT molecular complexity index is 158. The van der Waals surface area contributed by atoms with Crippen molar-refractivity contribution in [2.45, 2.75) is 25.5 Å². The predicted octanol–water partition coefficient (Wildman–Crippen LogP) is 0.526. The largest absolute Gasteiger partial charge is 0.300 e. The highest BCUT2D eigenvalue weighted by Gasteiger charge is 2.29. The highest BCUT2D eigenvalue weighted by Crippen LogP contribution is 2.23. The Kier molecular flexibility index (Phi) is 2.65. The van der Waals surface area contributed by atoms with Gasteiger partial charge in [0.05, 0.1) is 12.1 Å². The van der Waals surface area contributed by atoms with Gasteiger partial charge in [-0.15, -0.1) is 0 Å². The Labute approximate surface area is 67.8 Å². The van der Waals surface area contributed by atoms with Crippen LogP contribution in [-0.4, -0.2) is 30.6 Å². The summed E-state index contributed by atoms with van der Waals surface area (Å²) in [6, 6.07) is 0.306. The van der Waals surface area contributed by atoms with Crippen molar-refractivity contribution in [2.24, 2.45) is 5.90 Å². The Morgan fingerprint density at radius 1 is 1.82 bits per heavy atom. The van der Waals surface area contributed by atoms with Crippen molar-refractivity contribution in [3.63, 3.8) is 0 Å². The lowest BCUT2D eigenvalue weighted by atomic mass is 10.1. The van der Waals surface area contributed by atoms with E-state index in [2.05, 4.69) is 18.5 Å². The minimum Gasteiger partial charge on any atom is -0.300 e. The summed E-state index contributed by atoms with van der Waals surface area (Å²) in [5, 5.41) is 0. The number of nitrogens with two attached hydrogens (primary N) is 1. The van der Waals surface area contributed by atoms with Gasteiger partial charge in [0.15, 0.2) is 0 Å². The lowest BCUT2D eigenvalue weighted by Crippen LogP contribution is -2.38. The zero-order valence-corrected chi connectivity index (χ0v) is 7.21. The van der Waals surface area contributed by atoms with Crippen LogP contribution in [0.4, 0.5) is 0 Å². The summed E-state index contributed by atoms with van der Waals surface area (Å²) in [5.41, 5.74) is 1.23. The highest BCUT2D eigenvalue weighted by molar-refractivity contribution is 5.13. The third-order valence-electron chi connectivity index (χ3n) is 2.34. The molecule has 1 fully saturated rings. The number of hydrogen-bond donors (Lipinski definition) is 1. The van der Waals surface area contributed by atoms with Crippen LogP contribution in [0.1, 0.15) is 13.3 Å². The smallest absolute Gasteiger partial charge is 0.0952 e.